The number of carbonyl (C=O) groups excluding carboxylic acids is 1. The molecule has 0 aliphatic carbocycles. The quantitative estimate of drug-likeness (QED) is 0.542. The predicted octanol–water partition coefficient (Wildman–Crippen LogP) is 4.29. The van der Waals surface area contributed by atoms with Gasteiger partial charge in [0, 0.05) is 24.0 Å². The molecule has 0 radical (unpaired) electrons. The molecule has 31 heavy (non-hydrogen) atoms. The Morgan fingerprint density at radius 3 is 2.81 bits per heavy atom. The minimum Gasteiger partial charge on any atom is -0.484 e. The number of hydrogen-bond acceptors (Lipinski definition) is 4. The number of fused-ring (bicyclic) bond motifs is 3. The molecule has 2 heterocycles. The highest BCUT2D eigenvalue weighted by Crippen LogP contribution is 2.23. The Morgan fingerprint density at radius 2 is 1.87 bits per heavy atom. The van der Waals surface area contributed by atoms with Crippen LogP contribution in [0.5, 0.6) is 5.75 Å². The summed E-state index contributed by atoms with van der Waals surface area (Å²) in [5.41, 5.74) is 1.38. The molecule has 3 aromatic carbocycles. The van der Waals surface area contributed by atoms with Crippen LogP contribution in [0.4, 0.5) is 5.69 Å². The second kappa shape index (κ2) is 8.22. The van der Waals surface area contributed by atoms with Gasteiger partial charge in [-0.2, -0.15) is 0 Å². The fraction of sp³-hybridized carbons (Fsp3) is 0.240. The molecule has 1 amide bonds. The van der Waals surface area contributed by atoms with Crippen LogP contribution in [0, 0.1) is 0 Å². The third-order valence-corrected chi connectivity index (χ3v) is 5.72. The maximum absolute atomic E-state index is 13.0. The fourth-order valence-corrected chi connectivity index (χ4v) is 4.16. The average molecular weight is 413 g/mol. The topological polar surface area (TPSA) is 73.2 Å². The molecule has 5 rings (SSSR count). The molecule has 0 saturated carbocycles. The number of benzene rings is 3. The van der Waals surface area contributed by atoms with E-state index in [1.54, 1.807) is 22.8 Å². The van der Waals surface area contributed by atoms with E-state index in [9.17, 15) is 9.59 Å². The number of carbonyl (C=O) groups is 1. The molecule has 1 aliphatic rings. The van der Waals surface area contributed by atoms with Gasteiger partial charge in [-0.15, -0.1) is 0 Å². The zero-order valence-electron chi connectivity index (χ0n) is 17.1. The summed E-state index contributed by atoms with van der Waals surface area (Å²) in [5.74, 6) is 1.08. The minimum absolute atomic E-state index is 0.0347. The molecular weight excluding hydrogens is 390 g/mol. The van der Waals surface area contributed by atoms with E-state index in [0.717, 1.165) is 48.0 Å². The second-order valence-corrected chi connectivity index (χ2v) is 7.84. The monoisotopic (exact) mass is 413 g/mol. The molecule has 0 spiro atoms. The Balaban J connectivity index is 1.34. The third-order valence-electron chi connectivity index (χ3n) is 5.72. The first kappa shape index (κ1) is 19.3. The smallest absolute Gasteiger partial charge is 0.262 e. The first-order valence-electron chi connectivity index (χ1n) is 10.6. The number of nitrogens with one attached hydrogen (secondary N) is 1. The van der Waals surface area contributed by atoms with Gasteiger partial charge in [0.05, 0.1) is 10.9 Å². The van der Waals surface area contributed by atoms with Crippen LogP contribution in [0.2, 0.25) is 0 Å². The van der Waals surface area contributed by atoms with Crippen LogP contribution in [0.25, 0.3) is 21.7 Å². The van der Waals surface area contributed by atoms with Crippen molar-refractivity contribution in [2.45, 2.75) is 32.2 Å². The van der Waals surface area contributed by atoms with Crippen LogP contribution in [-0.2, 0) is 17.8 Å². The first-order chi connectivity index (χ1) is 15.2. The number of rotatable bonds is 4. The molecule has 6 nitrogen and oxygen atoms in total. The number of nitrogens with zero attached hydrogens (tertiary/aromatic N) is 2. The highest BCUT2D eigenvalue weighted by atomic mass is 16.5. The van der Waals surface area contributed by atoms with E-state index in [-0.39, 0.29) is 18.1 Å². The molecule has 0 fully saturated rings. The molecule has 0 bridgehead atoms. The maximum Gasteiger partial charge on any atom is 0.262 e. The summed E-state index contributed by atoms with van der Waals surface area (Å²) < 4.78 is 7.48. The summed E-state index contributed by atoms with van der Waals surface area (Å²) in [7, 11) is 0. The van der Waals surface area contributed by atoms with Gasteiger partial charge in [-0.1, -0.05) is 42.8 Å². The normalized spacial score (nSPS) is 13.5. The lowest BCUT2D eigenvalue weighted by atomic mass is 10.1. The van der Waals surface area contributed by atoms with Gasteiger partial charge in [0.1, 0.15) is 11.6 Å². The molecule has 0 saturated heterocycles. The first-order valence-corrected chi connectivity index (χ1v) is 10.6. The van der Waals surface area contributed by atoms with Gasteiger partial charge >= 0.3 is 0 Å². The summed E-state index contributed by atoms with van der Waals surface area (Å²) in [5, 5.41) is 5.47. The lowest BCUT2D eigenvalue weighted by Gasteiger charge is -2.12. The lowest BCUT2D eigenvalue weighted by molar-refractivity contribution is -0.118. The number of ether oxygens (including phenoxy) is 1. The molecule has 156 valence electrons. The molecule has 4 aromatic rings. The molecule has 1 aromatic heterocycles. The van der Waals surface area contributed by atoms with Gasteiger partial charge in [-0.25, -0.2) is 4.98 Å². The van der Waals surface area contributed by atoms with E-state index < -0.39 is 0 Å². The van der Waals surface area contributed by atoms with Crippen LogP contribution in [0.1, 0.15) is 25.1 Å². The Kier molecular flexibility index (Phi) is 5.12. The van der Waals surface area contributed by atoms with E-state index in [2.05, 4.69) is 10.3 Å². The minimum atomic E-state index is -0.256. The predicted molar refractivity (Wildman–Crippen MR) is 122 cm³/mol. The van der Waals surface area contributed by atoms with Crippen molar-refractivity contribution in [3.63, 3.8) is 0 Å². The molecule has 0 atom stereocenters. The van der Waals surface area contributed by atoms with Crippen LogP contribution in [-0.4, -0.2) is 22.1 Å². The number of aryl methyl sites for hydroxylation is 1. The van der Waals surface area contributed by atoms with Crippen LogP contribution < -0.4 is 15.6 Å². The number of aromatic nitrogens is 2. The van der Waals surface area contributed by atoms with Crippen molar-refractivity contribution in [1.29, 1.82) is 0 Å². The van der Waals surface area contributed by atoms with E-state index in [1.807, 2.05) is 42.5 Å². The number of anilines is 1. The zero-order valence-corrected chi connectivity index (χ0v) is 17.1. The van der Waals surface area contributed by atoms with Crippen molar-refractivity contribution in [2.75, 3.05) is 11.9 Å². The number of hydrogen-bond donors (Lipinski definition) is 1. The second-order valence-electron chi connectivity index (χ2n) is 7.84. The van der Waals surface area contributed by atoms with Gasteiger partial charge in [0.2, 0.25) is 0 Å². The molecule has 6 heteroatoms. The van der Waals surface area contributed by atoms with Gasteiger partial charge < -0.3 is 10.1 Å². The van der Waals surface area contributed by atoms with E-state index in [0.29, 0.717) is 23.2 Å². The summed E-state index contributed by atoms with van der Waals surface area (Å²) in [6.07, 6.45) is 3.99. The molecule has 1 aliphatic heterocycles. The van der Waals surface area contributed by atoms with Crippen LogP contribution in [0.3, 0.4) is 0 Å². The number of amides is 1. The molecule has 0 unspecified atom stereocenters. The van der Waals surface area contributed by atoms with Gasteiger partial charge in [-0.05, 0) is 42.5 Å². The van der Waals surface area contributed by atoms with E-state index in [1.165, 1.54) is 0 Å². The summed E-state index contributed by atoms with van der Waals surface area (Å²) in [4.78, 5) is 30.1. The Morgan fingerprint density at radius 1 is 1.00 bits per heavy atom. The lowest BCUT2D eigenvalue weighted by Crippen LogP contribution is -2.24. The third kappa shape index (κ3) is 3.89. The zero-order chi connectivity index (χ0) is 21.2. The molecule has 1 N–H and O–H groups in total. The largest absolute Gasteiger partial charge is 0.484 e. The Bertz CT molecular complexity index is 1340. The van der Waals surface area contributed by atoms with E-state index in [4.69, 9.17) is 4.74 Å². The van der Waals surface area contributed by atoms with Crippen molar-refractivity contribution >= 4 is 33.3 Å². The van der Waals surface area contributed by atoms with Crippen molar-refractivity contribution in [3.05, 3.63) is 76.8 Å². The van der Waals surface area contributed by atoms with Crippen LogP contribution >= 0.6 is 0 Å². The van der Waals surface area contributed by atoms with Crippen molar-refractivity contribution in [3.8, 4) is 5.75 Å². The van der Waals surface area contributed by atoms with Crippen molar-refractivity contribution in [1.82, 2.24) is 9.55 Å². The van der Waals surface area contributed by atoms with Crippen molar-refractivity contribution < 1.29 is 9.53 Å². The van der Waals surface area contributed by atoms with Gasteiger partial charge in [-0.3, -0.25) is 14.2 Å². The summed E-state index contributed by atoms with van der Waals surface area (Å²) in [6, 6.07) is 18.9. The van der Waals surface area contributed by atoms with Gasteiger partial charge in [0.15, 0.2) is 6.61 Å². The highest BCUT2D eigenvalue weighted by Gasteiger charge is 2.14. The summed E-state index contributed by atoms with van der Waals surface area (Å²) >= 11 is 0. The highest BCUT2D eigenvalue weighted by molar-refractivity contribution is 6.02. The molecular formula is C25H23N3O3. The average Bonchev–Trinajstić information content (AvgIpc) is 3.04. The standard InChI is InChI=1S/C25H23N3O3/c29-24(27-21-10-6-8-17-7-3-4-9-19(17)21)16-31-18-12-13-22-20(15-18)25(30)28-14-5-1-2-11-23(28)26-22/h3-4,6-10,12-13,15H,1-2,5,11,14,16H2,(H,27,29). The SMILES string of the molecule is O=C(COc1ccc2nc3n(c(=O)c2c1)CCCCC3)Nc1cccc2ccccc12. The van der Waals surface area contributed by atoms with E-state index >= 15 is 0 Å². The summed E-state index contributed by atoms with van der Waals surface area (Å²) in [6.45, 7) is 0.560. The Hall–Kier alpha value is -3.67. The van der Waals surface area contributed by atoms with Crippen molar-refractivity contribution in [2.24, 2.45) is 0 Å². The van der Waals surface area contributed by atoms with Gasteiger partial charge in [0.25, 0.3) is 11.5 Å². The maximum atomic E-state index is 13.0. The van der Waals surface area contributed by atoms with Crippen LogP contribution in [0.15, 0.2) is 65.5 Å². The Labute approximate surface area is 179 Å². The fourth-order valence-electron chi connectivity index (χ4n) is 4.16.